The van der Waals surface area contributed by atoms with E-state index >= 15 is 0 Å². The first-order valence-corrected chi connectivity index (χ1v) is 5.35. The summed E-state index contributed by atoms with van der Waals surface area (Å²) >= 11 is 0. The lowest BCUT2D eigenvalue weighted by atomic mass is 10.1. The highest BCUT2D eigenvalue weighted by atomic mass is 16.1. The van der Waals surface area contributed by atoms with Gasteiger partial charge < -0.3 is 4.57 Å². The van der Waals surface area contributed by atoms with Crippen LogP contribution in [-0.2, 0) is 6.42 Å². The Morgan fingerprint density at radius 2 is 2.00 bits per heavy atom. The number of hydrogen-bond acceptors (Lipinski definition) is 2. The first-order valence-electron chi connectivity index (χ1n) is 5.35. The molecule has 0 saturated carbocycles. The minimum absolute atomic E-state index is 0.0893. The normalized spacial score (nSPS) is 10.4. The average Bonchev–Trinajstić information content (AvgIpc) is 2.77. The van der Waals surface area contributed by atoms with Gasteiger partial charge in [0.25, 0.3) is 0 Å². The number of rotatable bonds is 3. The van der Waals surface area contributed by atoms with Gasteiger partial charge in [0.15, 0.2) is 5.78 Å². The van der Waals surface area contributed by atoms with Crippen molar-refractivity contribution < 1.29 is 4.79 Å². The molecule has 0 aliphatic rings. The number of aromatic nitrogens is 2. The molecule has 0 N–H and O–H groups in total. The molecule has 0 fully saturated rings. The van der Waals surface area contributed by atoms with E-state index in [2.05, 4.69) is 11.9 Å². The number of aryl methyl sites for hydroxylation is 1. The molecule has 3 nitrogen and oxygen atoms in total. The van der Waals surface area contributed by atoms with Crippen molar-refractivity contribution in [2.45, 2.75) is 20.3 Å². The third-order valence-corrected chi connectivity index (χ3v) is 2.57. The minimum Gasteiger partial charge on any atom is -0.306 e. The molecule has 2 rings (SSSR count). The van der Waals surface area contributed by atoms with Crippen LogP contribution in [0.5, 0.6) is 0 Å². The van der Waals surface area contributed by atoms with Crippen LogP contribution in [0.2, 0.25) is 0 Å². The molecule has 2 aromatic rings. The van der Waals surface area contributed by atoms with E-state index < -0.39 is 0 Å². The number of benzene rings is 1. The number of imidazole rings is 1. The molecule has 0 atom stereocenters. The first kappa shape index (κ1) is 10.6. The summed E-state index contributed by atoms with van der Waals surface area (Å²) < 4.78 is 1.96. The standard InChI is InChI=1S/C13H14N2O/c1-3-12-8-15(9-14-12)13-6-4-11(5-7-13)10(2)16/h4-9H,3H2,1-2H3. The summed E-state index contributed by atoms with van der Waals surface area (Å²) in [6.07, 6.45) is 4.73. The van der Waals surface area contributed by atoms with E-state index in [0.717, 1.165) is 23.4 Å². The Labute approximate surface area is 94.7 Å². The average molecular weight is 214 g/mol. The summed E-state index contributed by atoms with van der Waals surface area (Å²) in [4.78, 5) is 15.4. The van der Waals surface area contributed by atoms with Gasteiger partial charge in [0.1, 0.15) is 0 Å². The molecular weight excluding hydrogens is 200 g/mol. The molecule has 0 bridgehead atoms. The molecule has 3 heteroatoms. The van der Waals surface area contributed by atoms with Crippen LogP contribution in [-0.4, -0.2) is 15.3 Å². The molecule has 1 aromatic carbocycles. The maximum Gasteiger partial charge on any atom is 0.159 e. The number of carbonyl (C=O) groups is 1. The Morgan fingerprint density at radius 1 is 1.31 bits per heavy atom. The summed E-state index contributed by atoms with van der Waals surface area (Å²) in [5.74, 6) is 0.0893. The SMILES string of the molecule is CCc1cn(-c2ccc(C(C)=O)cc2)cn1. The molecule has 0 radical (unpaired) electrons. The summed E-state index contributed by atoms with van der Waals surface area (Å²) in [6, 6.07) is 7.53. The van der Waals surface area contributed by atoms with E-state index in [9.17, 15) is 4.79 Å². The van der Waals surface area contributed by atoms with Crippen molar-refractivity contribution in [3.63, 3.8) is 0 Å². The fourth-order valence-corrected chi connectivity index (χ4v) is 1.56. The first-order chi connectivity index (χ1) is 7.70. The van der Waals surface area contributed by atoms with Crippen molar-refractivity contribution in [1.29, 1.82) is 0 Å². The van der Waals surface area contributed by atoms with Crippen molar-refractivity contribution in [2.75, 3.05) is 0 Å². The third-order valence-electron chi connectivity index (χ3n) is 2.57. The summed E-state index contributed by atoms with van der Waals surface area (Å²) in [5.41, 5.74) is 2.83. The number of Topliss-reactive ketones (excluding diaryl/α,β-unsaturated/α-hetero) is 1. The number of nitrogens with zero attached hydrogens (tertiary/aromatic N) is 2. The zero-order chi connectivity index (χ0) is 11.5. The Bertz CT molecular complexity index is 497. The van der Waals surface area contributed by atoms with Gasteiger partial charge in [-0.1, -0.05) is 6.92 Å². The maximum atomic E-state index is 11.1. The monoisotopic (exact) mass is 214 g/mol. The molecule has 0 unspecified atom stereocenters. The van der Waals surface area contributed by atoms with Gasteiger partial charge in [0.05, 0.1) is 12.0 Å². The van der Waals surface area contributed by atoms with Gasteiger partial charge in [-0.05, 0) is 37.6 Å². The fraction of sp³-hybridized carbons (Fsp3) is 0.231. The molecule has 1 heterocycles. The fourth-order valence-electron chi connectivity index (χ4n) is 1.56. The van der Waals surface area contributed by atoms with E-state index in [4.69, 9.17) is 0 Å². The van der Waals surface area contributed by atoms with Crippen LogP contribution in [0.1, 0.15) is 29.9 Å². The summed E-state index contributed by atoms with van der Waals surface area (Å²) in [7, 11) is 0. The quantitative estimate of drug-likeness (QED) is 0.736. The van der Waals surface area contributed by atoms with Crippen molar-refractivity contribution in [3.8, 4) is 5.69 Å². The predicted octanol–water partition coefficient (Wildman–Crippen LogP) is 2.64. The number of hydrogen-bond donors (Lipinski definition) is 0. The highest BCUT2D eigenvalue weighted by Crippen LogP contribution is 2.11. The van der Waals surface area contributed by atoms with Gasteiger partial charge in [-0.15, -0.1) is 0 Å². The zero-order valence-electron chi connectivity index (χ0n) is 9.47. The largest absolute Gasteiger partial charge is 0.306 e. The van der Waals surface area contributed by atoms with Crippen LogP contribution >= 0.6 is 0 Å². The Morgan fingerprint density at radius 3 is 2.50 bits per heavy atom. The van der Waals surface area contributed by atoms with Gasteiger partial charge in [0.2, 0.25) is 0 Å². The minimum atomic E-state index is 0.0893. The Kier molecular flexibility index (Phi) is 2.86. The molecule has 0 amide bonds. The van der Waals surface area contributed by atoms with Crippen LogP contribution in [0.15, 0.2) is 36.8 Å². The molecule has 16 heavy (non-hydrogen) atoms. The van der Waals surface area contributed by atoms with Crippen LogP contribution in [0.4, 0.5) is 0 Å². The molecule has 0 aliphatic carbocycles. The van der Waals surface area contributed by atoms with E-state index in [0.29, 0.717) is 0 Å². The second-order valence-electron chi connectivity index (χ2n) is 3.73. The summed E-state index contributed by atoms with van der Waals surface area (Å²) in [6.45, 7) is 3.65. The molecule has 1 aromatic heterocycles. The van der Waals surface area contributed by atoms with E-state index in [-0.39, 0.29) is 5.78 Å². The molecule has 0 aliphatic heterocycles. The third kappa shape index (κ3) is 2.03. The molecule has 0 spiro atoms. The highest BCUT2D eigenvalue weighted by molar-refractivity contribution is 5.94. The Balaban J connectivity index is 2.30. The smallest absolute Gasteiger partial charge is 0.159 e. The number of carbonyl (C=O) groups excluding carboxylic acids is 1. The second kappa shape index (κ2) is 4.31. The zero-order valence-corrected chi connectivity index (χ0v) is 9.47. The van der Waals surface area contributed by atoms with Gasteiger partial charge >= 0.3 is 0 Å². The van der Waals surface area contributed by atoms with Crippen molar-refractivity contribution in [2.24, 2.45) is 0 Å². The lowest BCUT2D eigenvalue weighted by Gasteiger charge is -2.02. The van der Waals surface area contributed by atoms with Crippen molar-refractivity contribution in [3.05, 3.63) is 48.0 Å². The predicted molar refractivity (Wildman–Crippen MR) is 62.9 cm³/mol. The second-order valence-corrected chi connectivity index (χ2v) is 3.73. The van der Waals surface area contributed by atoms with Crippen molar-refractivity contribution in [1.82, 2.24) is 9.55 Å². The van der Waals surface area contributed by atoms with Crippen LogP contribution < -0.4 is 0 Å². The molecular formula is C13H14N2O. The van der Waals surface area contributed by atoms with E-state index in [1.807, 2.05) is 35.0 Å². The van der Waals surface area contributed by atoms with Gasteiger partial charge in [-0.25, -0.2) is 4.98 Å². The molecule has 82 valence electrons. The molecule has 0 saturated heterocycles. The van der Waals surface area contributed by atoms with Gasteiger partial charge in [-0.3, -0.25) is 4.79 Å². The Hall–Kier alpha value is -1.90. The lowest BCUT2D eigenvalue weighted by Crippen LogP contribution is -1.94. The van der Waals surface area contributed by atoms with E-state index in [1.54, 1.807) is 13.3 Å². The topological polar surface area (TPSA) is 34.9 Å². The lowest BCUT2D eigenvalue weighted by molar-refractivity contribution is 0.101. The summed E-state index contributed by atoms with van der Waals surface area (Å²) in [5, 5.41) is 0. The highest BCUT2D eigenvalue weighted by Gasteiger charge is 2.01. The van der Waals surface area contributed by atoms with Crippen LogP contribution in [0.3, 0.4) is 0 Å². The van der Waals surface area contributed by atoms with E-state index in [1.165, 1.54) is 0 Å². The maximum absolute atomic E-state index is 11.1. The van der Waals surface area contributed by atoms with Gasteiger partial charge in [0, 0.05) is 17.4 Å². The van der Waals surface area contributed by atoms with Crippen molar-refractivity contribution >= 4 is 5.78 Å². The van der Waals surface area contributed by atoms with Crippen LogP contribution in [0, 0.1) is 0 Å². The van der Waals surface area contributed by atoms with Gasteiger partial charge in [-0.2, -0.15) is 0 Å². The van der Waals surface area contributed by atoms with Crippen LogP contribution in [0.25, 0.3) is 5.69 Å². The number of ketones is 1.